The Morgan fingerprint density at radius 2 is 0.761 bits per heavy atom. The van der Waals surface area contributed by atoms with Gasteiger partial charge in [-0.15, -0.1) is 0 Å². The van der Waals surface area contributed by atoms with Gasteiger partial charge in [0.15, 0.2) is 16.1 Å². The number of anilines is 3. The van der Waals surface area contributed by atoms with Gasteiger partial charge in [0.2, 0.25) is 0 Å². The van der Waals surface area contributed by atoms with Gasteiger partial charge in [0.1, 0.15) is 11.5 Å². The first-order valence-electron chi connectivity index (χ1n) is 24.7. The Morgan fingerprint density at radius 3 is 1.35 bits per heavy atom. The minimum absolute atomic E-state index is 0.534. The fraction of sp³-hybridized carbons (Fsp3) is 0.0149. The summed E-state index contributed by atoms with van der Waals surface area (Å²) in [4.78, 5) is 2.46. The minimum Gasteiger partial charge on any atom is -0.457 e. The fourth-order valence-electron chi connectivity index (χ4n) is 13.1. The van der Waals surface area contributed by atoms with E-state index in [0.29, 0.717) is 0 Å². The van der Waals surface area contributed by atoms with Gasteiger partial charge in [-0.2, -0.15) is 0 Å². The summed E-state index contributed by atoms with van der Waals surface area (Å²) in [6, 6.07) is 107. The van der Waals surface area contributed by atoms with Gasteiger partial charge in [-0.3, -0.25) is 0 Å². The molecule has 3 aliphatic rings. The Labute approximate surface area is 417 Å². The van der Waals surface area contributed by atoms with Gasteiger partial charge < -0.3 is 9.64 Å². The largest absolute Gasteiger partial charge is 0.457 e. The van der Waals surface area contributed by atoms with Crippen LogP contribution in [0.2, 0.25) is 0 Å². The Balaban J connectivity index is 1.04. The SMILES string of the molecule is c1ccc(N(c2ccc3c(c2)Oc2ccccc2[Si]32c3ccccc3[Si](c3ccccc3)(c3ccccc3)c3ccccc32)c2cccc3c2-c2ccccc2C3(c2ccccc2)c2ccccc2)cc1. The molecule has 14 rings (SSSR count). The molecule has 0 atom stereocenters. The third-order valence-electron chi connectivity index (χ3n) is 15.7. The van der Waals surface area contributed by atoms with Crippen LogP contribution in [0.25, 0.3) is 11.1 Å². The van der Waals surface area contributed by atoms with E-state index in [9.17, 15) is 0 Å². The van der Waals surface area contributed by atoms with Crippen LogP contribution in [0.4, 0.5) is 17.1 Å². The van der Waals surface area contributed by atoms with E-state index >= 15 is 0 Å². The van der Waals surface area contributed by atoms with Crippen LogP contribution in [0.1, 0.15) is 22.3 Å². The number of rotatable bonds is 7. The maximum absolute atomic E-state index is 7.34. The smallest absolute Gasteiger partial charge is 0.188 e. The molecule has 0 amide bonds. The predicted octanol–water partition coefficient (Wildman–Crippen LogP) is 10.7. The van der Waals surface area contributed by atoms with E-state index in [1.807, 2.05) is 0 Å². The molecule has 71 heavy (non-hydrogen) atoms. The second-order valence-electron chi connectivity index (χ2n) is 19.0. The number of fused-ring (bicyclic) bond motifs is 11. The van der Waals surface area contributed by atoms with E-state index in [2.05, 4.69) is 290 Å². The number of para-hydroxylation sites is 2. The van der Waals surface area contributed by atoms with E-state index < -0.39 is 21.6 Å². The third kappa shape index (κ3) is 5.74. The zero-order chi connectivity index (χ0) is 47.0. The van der Waals surface area contributed by atoms with Crippen molar-refractivity contribution in [1.29, 1.82) is 0 Å². The molecule has 334 valence electrons. The quantitative estimate of drug-likeness (QED) is 0.148. The molecule has 11 aromatic rings. The number of hydrogen-bond donors (Lipinski definition) is 0. The zero-order valence-electron chi connectivity index (χ0n) is 39.0. The van der Waals surface area contributed by atoms with Crippen LogP contribution in [-0.2, 0) is 5.41 Å². The molecule has 0 aromatic heterocycles. The molecule has 0 fully saturated rings. The molecule has 0 radical (unpaired) electrons. The van der Waals surface area contributed by atoms with Crippen molar-refractivity contribution < 1.29 is 4.74 Å². The Morgan fingerprint density at radius 1 is 0.310 bits per heavy atom. The topological polar surface area (TPSA) is 12.5 Å². The Bertz CT molecular complexity index is 3680. The first-order valence-corrected chi connectivity index (χ1v) is 28.7. The summed E-state index contributed by atoms with van der Waals surface area (Å²) in [5, 5.41) is 11.1. The van der Waals surface area contributed by atoms with Crippen LogP contribution >= 0.6 is 0 Å². The number of ether oxygens (including phenoxy) is 1. The molecule has 1 spiro atoms. The van der Waals surface area contributed by atoms with Gasteiger partial charge in [-0.1, -0.05) is 249 Å². The molecule has 0 bridgehead atoms. The molecule has 1 aliphatic carbocycles. The van der Waals surface area contributed by atoms with Crippen molar-refractivity contribution in [2.24, 2.45) is 0 Å². The summed E-state index contributed by atoms with van der Waals surface area (Å²) >= 11 is 0. The second kappa shape index (κ2) is 16.3. The van der Waals surface area contributed by atoms with E-state index in [1.165, 1.54) is 74.9 Å². The summed E-state index contributed by atoms with van der Waals surface area (Å²) in [6.45, 7) is 0. The molecule has 2 nitrogen and oxygen atoms in total. The standard InChI is InChI=1S/C67H47NOSi2/c1-6-25-48(26-7-1)67(49-27-8-2-9-28-49)55-36-17-16-35-54(55)66-56(67)37-24-38-57(66)68(50-29-10-3-11-30-50)51-45-46-61-59(47-51)69-58-39-18-19-40-60(58)71(61)64-43-22-20-41-62(64)70(52-31-12-4-13-32-52,53-33-14-5-15-34-53)63-42-21-23-44-65(63)71/h1-47H. The number of hydrogen-bond acceptors (Lipinski definition) is 2. The summed E-state index contributed by atoms with van der Waals surface area (Å²) in [6.07, 6.45) is 0. The summed E-state index contributed by atoms with van der Waals surface area (Å²) in [5.41, 5.74) is 10.2. The van der Waals surface area contributed by atoms with Crippen LogP contribution in [-0.4, -0.2) is 16.1 Å². The highest BCUT2D eigenvalue weighted by molar-refractivity contribution is 7.33. The average molecular weight is 938 g/mol. The van der Waals surface area contributed by atoms with Gasteiger partial charge in [0.25, 0.3) is 0 Å². The van der Waals surface area contributed by atoms with Crippen molar-refractivity contribution >= 4 is 74.7 Å². The lowest BCUT2D eigenvalue weighted by molar-refractivity contribution is 0.487. The van der Waals surface area contributed by atoms with Crippen LogP contribution in [0.15, 0.2) is 285 Å². The molecule has 2 aliphatic heterocycles. The normalized spacial score (nSPS) is 14.6. The van der Waals surface area contributed by atoms with Gasteiger partial charge in [0.05, 0.1) is 11.1 Å². The number of benzene rings is 11. The van der Waals surface area contributed by atoms with Gasteiger partial charge in [-0.05, 0) is 99.6 Å². The van der Waals surface area contributed by atoms with E-state index in [0.717, 1.165) is 28.6 Å². The van der Waals surface area contributed by atoms with Crippen molar-refractivity contribution in [2.45, 2.75) is 5.41 Å². The predicted molar refractivity (Wildman–Crippen MR) is 299 cm³/mol. The average Bonchev–Trinajstić information content (AvgIpc) is 3.76. The molecule has 0 unspecified atom stereocenters. The Kier molecular flexibility index (Phi) is 9.50. The molecular formula is C67H47NOSi2. The van der Waals surface area contributed by atoms with Crippen molar-refractivity contribution in [3.8, 4) is 22.6 Å². The minimum atomic E-state index is -3.09. The van der Waals surface area contributed by atoms with E-state index in [4.69, 9.17) is 4.74 Å². The first kappa shape index (κ1) is 41.4. The van der Waals surface area contributed by atoms with Crippen LogP contribution in [0, 0.1) is 0 Å². The molecule has 11 aromatic carbocycles. The molecule has 2 heterocycles. The highest BCUT2D eigenvalue weighted by Gasteiger charge is 2.59. The van der Waals surface area contributed by atoms with E-state index in [-0.39, 0.29) is 0 Å². The van der Waals surface area contributed by atoms with Crippen LogP contribution in [0.3, 0.4) is 0 Å². The van der Waals surface area contributed by atoms with Crippen LogP contribution < -0.4 is 51.1 Å². The van der Waals surface area contributed by atoms with Gasteiger partial charge in [-0.25, -0.2) is 0 Å². The summed E-state index contributed by atoms with van der Waals surface area (Å²) in [5.74, 6) is 1.83. The highest BCUT2D eigenvalue weighted by atomic mass is 28.3. The lowest BCUT2D eigenvalue weighted by Crippen LogP contribution is -2.93. The van der Waals surface area contributed by atoms with E-state index in [1.54, 1.807) is 0 Å². The maximum Gasteiger partial charge on any atom is 0.188 e. The molecule has 4 heteroatoms. The third-order valence-corrected chi connectivity index (χ3v) is 26.1. The molecule has 0 saturated carbocycles. The highest BCUT2D eigenvalue weighted by Crippen LogP contribution is 2.59. The number of nitrogens with zero attached hydrogens (tertiary/aromatic N) is 1. The molecule has 0 N–H and O–H groups in total. The lowest BCUT2D eigenvalue weighted by Gasteiger charge is -2.50. The first-order chi connectivity index (χ1) is 35.2. The van der Waals surface area contributed by atoms with Gasteiger partial charge in [0, 0.05) is 23.0 Å². The van der Waals surface area contributed by atoms with Crippen LogP contribution in [0.5, 0.6) is 11.5 Å². The monoisotopic (exact) mass is 937 g/mol. The summed E-state index contributed by atoms with van der Waals surface area (Å²) in [7, 11) is -5.95. The zero-order valence-corrected chi connectivity index (χ0v) is 41.0. The fourth-order valence-corrected chi connectivity index (χ4v) is 25.4. The lowest BCUT2D eigenvalue weighted by atomic mass is 9.68. The molecule has 0 saturated heterocycles. The van der Waals surface area contributed by atoms with Gasteiger partial charge >= 0.3 is 0 Å². The summed E-state index contributed by atoms with van der Waals surface area (Å²) < 4.78 is 7.34. The molecular weight excluding hydrogens is 891 g/mol. The van der Waals surface area contributed by atoms with Crippen molar-refractivity contribution in [1.82, 2.24) is 0 Å². The Hall–Kier alpha value is -8.55. The second-order valence-corrected chi connectivity index (χ2v) is 26.4. The van der Waals surface area contributed by atoms with Crippen molar-refractivity contribution in [3.05, 3.63) is 307 Å². The van der Waals surface area contributed by atoms with Crippen molar-refractivity contribution in [2.75, 3.05) is 4.90 Å². The van der Waals surface area contributed by atoms with Crippen molar-refractivity contribution in [3.63, 3.8) is 0 Å². The maximum atomic E-state index is 7.34.